The summed E-state index contributed by atoms with van der Waals surface area (Å²) >= 11 is 0. The first kappa shape index (κ1) is 10.1. The molecule has 1 amide bonds. The van der Waals surface area contributed by atoms with Crippen LogP contribution in [0.3, 0.4) is 0 Å². The molecule has 1 unspecified atom stereocenters. The minimum atomic E-state index is -0.215. The highest BCUT2D eigenvalue weighted by Gasteiger charge is 2.16. The van der Waals surface area contributed by atoms with E-state index in [4.69, 9.17) is 0 Å². The molecule has 6 heteroatoms. The second-order valence-electron chi connectivity index (χ2n) is 3.75. The zero-order chi connectivity index (χ0) is 10.7. The van der Waals surface area contributed by atoms with Crippen LogP contribution in [0.2, 0.25) is 0 Å². The van der Waals surface area contributed by atoms with E-state index in [0.29, 0.717) is 18.4 Å². The molecule has 15 heavy (non-hydrogen) atoms. The van der Waals surface area contributed by atoms with Crippen molar-refractivity contribution < 1.29 is 4.79 Å². The third-order valence-corrected chi connectivity index (χ3v) is 2.47. The molecule has 1 saturated heterocycles. The molecule has 0 aromatic carbocycles. The molecule has 1 aliphatic heterocycles. The van der Waals surface area contributed by atoms with E-state index in [1.54, 1.807) is 6.92 Å². The van der Waals surface area contributed by atoms with Crippen molar-refractivity contribution >= 4 is 5.91 Å². The Labute approximate surface area is 87.9 Å². The molecule has 2 rings (SSSR count). The van der Waals surface area contributed by atoms with Crippen LogP contribution in [0.25, 0.3) is 0 Å². The van der Waals surface area contributed by atoms with Gasteiger partial charge in [0.05, 0.1) is 0 Å². The molecule has 1 aromatic rings. The topological polar surface area (TPSA) is 82.7 Å². The maximum absolute atomic E-state index is 11.5. The van der Waals surface area contributed by atoms with Crippen molar-refractivity contribution in [1.29, 1.82) is 0 Å². The number of hydrogen-bond donors (Lipinski definition) is 3. The summed E-state index contributed by atoms with van der Waals surface area (Å²) in [5.41, 5.74) is 0. The summed E-state index contributed by atoms with van der Waals surface area (Å²) in [6.07, 6.45) is 2.30. The highest BCUT2D eigenvalue weighted by molar-refractivity contribution is 5.90. The Balaban J connectivity index is 1.81. The fourth-order valence-electron chi connectivity index (χ4n) is 1.67. The maximum Gasteiger partial charge on any atom is 0.291 e. The zero-order valence-electron chi connectivity index (χ0n) is 8.71. The van der Waals surface area contributed by atoms with Crippen molar-refractivity contribution in [1.82, 2.24) is 25.8 Å². The van der Waals surface area contributed by atoms with Crippen molar-refractivity contribution in [3.05, 3.63) is 11.6 Å². The van der Waals surface area contributed by atoms with E-state index < -0.39 is 0 Å². The number of nitrogens with one attached hydrogen (secondary N) is 3. The summed E-state index contributed by atoms with van der Waals surface area (Å²) in [6.45, 7) is 3.45. The first-order valence-electron chi connectivity index (χ1n) is 5.16. The van der Waals surface area contributed by atoms with Crippen LogP contribution in [0.1, 0.15) is 29.3 Å². The number of aromatic amines is 1. The number of nitrogens with zero attached hydrogens (tertiary/aromatic N) is 2. The highest BCUT2D eigenvalue weighted by Crippen LogP contribution is 2.03. The molecule has 0 radical (unpaired) electrons. The van der Waals surface area contributed by atoms with Gasteiger partial charge < -0.3 is 10.6 Å². The Kier molecular flexibility index (Phi) is 2.96. The molecule has 0 aliphatic carbocycles. The lowest BCUT2D eigenvalue weighted by Gasteiger charge is -2.09. The lowest BCUT2D eigenvalue weighted by Crippen LogP contribution is -2.37. The molecule has 1 aliphatic rings. The highest BCUT2D eigenvalue weighted by atomic mass is 16.2. The van der Waals surface area contributed by atoms with Gasteiger partial charge in [0.15, 0.2) is 0 Å². The van der Waals surface area contributed by atoms with Crippen LogP contribution in [-0.4, -0.2) is 40.2 Å². The van der Waals surface area contributed by atoms with Crippen LogP contribution < -0.4 is 10.6 Å². The number of carbonyl (C=O) groups is 1. The number of aromatic nitrogens is 3. The number of rotatable bonds is 3. The Morgan fingerprint density at radius 3 is 3.13 bits per heavy atom. The minimum absolute atomic E-state index is 0.213. The smallest absolute Gasteiger partial charge is 0.291 e. The van der Waals surface area contributed by atoms with Gasteiger partial charge in [-0.1, -0.05) is 0 Å². The summed E-state index contributed by atoms with van der Waals surface area (Å²) in [5.74, 6) is 0.651. The van der Waals surface area contributed by atoms with Crippen molar-refractivity contribution in [3.8, 4) is 0 Å². The Morgan fingerprint density at radius 1 is 1.67 bits per heavy atom. The molecular formula is C9H15N5O. The third kappa shape index (κ3) is 2.53. The van der Waals surface area contributed by atoms with Crippen LogP contribution in [0.4, 0.5) is 0 Å². The quantitative estimate of drug-likeness (QED) is 0.632. The average Bonchev–Trinajstić information content (AvgIpc) is 2.84. The lowest BCUT2D eigenvalue weighted by molar-refractivity contribution is 0.0940. The Bertz CT molecular complexity index is 342. The maximum atomic E-state index is 11.5. The summed E-state index contributed by atoms with van der Waals surface area (Å²) in [7, 11) is 0. The molecule has 0 saturated carbocycles. The summed E-state index contributed by atoms with van der Waals surface area (Å²) in [4.78, 5) is 15.5. The van der Waals surface area contributed by atoms with E-state index in [1.165, 1.54) is 6.42 Å². The molecule has 0 spiro atoms. The second-order valence-corrected chi connectivity index (χ2v) is 3.75. The van der Waals surface area contributed by atoms with Gasteiger partial charge >= 0.3 is 0 Å². The van der Waals surface area contributed by atoms with Crippen molar-refractivity contribution in [2.45, 2.75) is 25.8 Å². The van der Waals surface area contributed by atoms with Gasteiger partial charge in [0.1, 0.15) is 5.82 Å². The fourth-order valence-corrected chi connectivity index (χ4v) is 1.67. The van der Waals surface area contributed by atoms with Crippen molar-refractivity contribution in [2.75, 3.05) is 13.1 Å². The minimum Gasteiger partial charge on any atom is -0.348 e. The molecule has 2 heterocycles. The van der Waals surface area contributed by atoms with E-state index in [9.17, 15) is 4.79 Å². The molecule has 1 aromatic heterocycles. The van der Waals surface area contributed by atoms with Gasteiger partial charge in [-0.05, 0) is 26.3 Å². The second kappa shape index (κ2) is 4.39. The van der Waals surface area contributed by atoms with E-state index in [1.807, 2.05) is 0 Å². The standard InChI is InChI=1S/C9H15N5O/c1-6-12-8(14-13-6)9(15)11-5-7-3-2-4-10-7/h7,10H,2-5H2,1H3,(H,11,15)(H,12,13,14). The molecule has 6 nitrogen and oxygen atoms in total. The summed E-state index contributed by atoms with van der Waals surface area (Å²) < 4.78 is 0. The van der Waals surface area contributed by atoms with Gasteiger partial charge in [0, 0.05) is 12.6 Å². The van der Waals surface area contributed by atoms with Crippen LogP contribution >= 0.6 is 0 Å². The molecule has 0 bridgehead atoms. The van der Waals surface area contributed by atoms with E-state index in [-0.39, 0.29) is 11.7 Å². The molecule has 1 atom stereocenters. The lowest BCUT2D eigenvalue weighted by atomic mass is 10.2. The van der Waals surface area contributed by atoms with Crippen LogP contribution in [0.5, 0.6) is 0 Å². The van der Waals surface area contributed by atoms with E-state index in [2.05, 4.69) is 25.8 Å². The Hall–Kier alpha value is -1.43. The Morgan fingerprint density at radius 2 is 2.53 bits per heavy atom. The normalized spacial score (nSPS) is 20.5. The van der Waals surface area contributed by atoms with Gasteiger partial charge in [-0.3, -0.25) is 9.89 Å². The number of aryl methyl sites for hydroxylation is 1. The first-order chi connectivity index (χ1) is 7.25. The van der Waals surface area contributed by atoms with Crippen molar-refractivity contribution in [3.63, 3.8) is 0 Å². The van der Waals surface area contributed by atoms with Gasteiger partial charge in [-0.15, -0.1) is 5.10 Å². The van der Waals surface area contributed by atoms with Crippen LogP contribution in [0, 0.1) is 6.92 Å². The van der Waals surface area contributed by atoms with Crippen molar-refractivity contribution in [2.24, 2.45) is 0 Å². The largest absolute Gasteiger partial charge is 0.348 e. The predicted molar refractivity (Wildman–Crippen MR) is 54.5 cm³/mol. The SMILES string of the molecule is Cc1nc(C(=O)NCC2CCCN2)n[nH]1. The van der Waals surface area contributed by atoms with Gasteiger partial charge in [-0.2, -0.15) is 0 Å². The van der Waals surface area contributed by atoms with E-state index in [0.717, 1.165) is 13.0 Å². The number of carbonyl (C=O) groups excluding carboxylic acids is 1. The summed E-state index contributed by atoms with van der Waals surface area (Å²) in [5, 5.41) is 12.5. The number of H-pyrrole nitrogens is 1. The average molecular weight is 209 g/mol. The number of amides is 1. The predicted octanol–water partition coefficient (Wildman–Crippen LogP) is -0.405. The molecule has 1 fully saturated rings. The van der Waals surface area contributed by atoms with Crippen LogP contribution in [-0.2, 0) is 0 Å². The van der Waals surface area contributed by atoms with Gasteiger partial charge in [-0.25, -0.2) is 4.98 Å². The fraction of sp³-hybridized carbons (Fsp3) is 0.667. The molecule has 82 valence electrons. The van der Waals surface area contributed by atoms with Gasteiger partial charge in [0.25, 0.3) is 5.91 Å². The molecular weight excluding hydrogens is 194 g/mol. The third-order valence-electron chi connectivity index (χ3n) is 2.47. The van der Waals surface area contributed by atoms with E-state index >= 15 is 0 Å². The zero-order valence-corrected chi connectivity index (χ0v) is 8.71. The monoisotopic (exact) mass is 209 g/mol. The first-order valence-corrected chi connectivity index (χ1v) is 5.16. The van der Waals surface area contributed by atoms with Crippen LogP contribution in [0.15, 0.2) is 0 Å². The van der Waals surface area contributed by atoms with Gasteiger partial charge in [0.2, 0.25) is 5.82 Å². The molecule has 3 N–H and O–H groups in total. The number of hydrogen-bond acceptors (Lipinski definition) is 4. The summed E-state index contributed by atoms with van der Waals surface area (Å²) in [6, 6.07) is 0.397.